The molecule has 2 fully saturated rings. The Labute approximate surface area is 131 Å². The van der Waals surface area contributed by atoms with Gasteiger partial charge in [-0.3, -0.25) is 4.79 Å². The molecule has 0 unspecified atom stereocenters. The lowest BCUT2D eigenvalue weighted by atomic mass is 10.2. The number of hydrogen-bond donors (Lipinski definition) is 0. The van der Waals surface area contributed by atoms with Crippen LogP contribution in [0.4, 0.5) is 5.69 Å². The van der Waals surface area contributed by atoms with E-state index in [4.69, 9.17) is 0 Å². The number of rotatable bonds is 5. The van der Waals surface area contributed by atoms with Crippen molar-refractivity contribution >= 4 is 21.4 Å². The summed E-state index contributed by atoms with van der Waals surface area (Å²) in [6.07, 6.45) is 2.58. The molecule has 120 valence electrons. The minimum Gasteiger partial charge on any atom is -0.365 e. The molecular formula is C16H22N2O3S. The number of para-hydroxylation sites is 1. The highest BCUT2D eigenvalue weighted by Gasteiger charge is 2.42. The van der Waals surface area contributed by atoms with Gasteiger partial charge >= 0.3 is 0 Å². The van der Waals surface area contributed by atoms with Crippen LogP contribution in [0, 0.1) is 0 Å². The fourth-order valence-corrected chi connectivity index (χ4v) is 4.82. The van der Waals surface area contributed by atoms with E-state index in [1.54, 1.807) is 0 Å². The zero-order valence-electron chi connectivity index (χ0n) is 12.8. The van der Waals surface area contributed by atoms with E-state index < -0.39 is 9.84 Å². The van der Waals surface area contributed by atoms with Crippen molar-refractivity contribution < 1.29 is 13.2 Å². The summed E-state index contributed by atoms with van der Waals surface area (Å²) in [5.41, 5.74) is 0.991. The van der Waals surface area contributed by atoms with Crippen LogP contribution in [0.3, 0.4) is 0 Å². The third kappa shape index (κ3) is 3.43. The van der Waals surface area contributed by atoms with E-state index in [9.17, 15) is 13.2 Å². The van der Waals surface area contributed by atoms with Gasteiger partial charge in [0, 0.05) is 24.8 Å². The van der Waals surface area contributed by atoms with Crippen LogP contribution in [-0.2, 0) is 14.6 Å². The predicted molar refractivity (Wildman–Crippen MR) is 86.6 cm³/mol. The normalized spacial score (nSPS) is 23.2. The number of hydrogen-bond acceptors (Lipinski definition) is 4. The number of benzene rings is 1. The molecule has 0 bridgehead atoms. The third-order valence-electron chi connectivity index (χ3n) is 4.40. The number of nitrogens with zero attached hydrogens (tertiary/aromatic N) is 2. The number of amides is 1. The molecular weight excluding hydrogens is 300 g/mol. The lowest BCUT2D eigenvalue weighted by Gasteiger charge is -2.30. The Bertz CT molecular complexity index is 641. The van der Waals surface area contributed by atoms with Crippen molar-refractivity contribution in [2.45, 2.75) is 31.3 Å². The fourth-order valence-electron chi connectivity index (χ4n) is 3.11. The van der Waals surface area contributed by atoms with Crippen LogP contribution in [0.5, 0.6) is 0 Å². The number of carbonyl (C=O) groups is 1. The van der Waals surface area contributed by atoms with Gasteiger partial charge in [-0.2, -0.15) is 0 Å². The zero-order chi connectivity index (χ0) is 15.7. The molecule has 5 nitrogen and oxygen atoms in total. The van der Waals surface area contributed by atoms with Crippen LogP contribution in [0.25, 0.3) is 0 Å². The Morgan fingerprint density at radius 3 is 2.36 bits per heavy atom. The largest absolute Gasteiger partial charge is 0.365 e. The lowest BCUT2D eigenvalue weighted by molar-refractivity contribution is -0.132. The first kappa shape index (κ1) is 15.3. The molecule has 0 spiro atoms. The highest BCUT2D eigenvalue weighted by atomic mass is 32.2. The molecule has 1 heterocycles. The molecule has 6 heteroatoms. The van der Waals surface area contributed by atoms with Gasteiger partial charge in [-0.25, -0.2) is 8.42 Å². The molecule has 1 atom stereocenters. The lowest BCUT2D eigenvalue weighted by Crippen LogP contribution is -2.47. The summed E-state index contributed by atoms with van der Waals surface area (Å²) in [4.78, 5) is 16.5. The van der Waals surface area contributed by atoms with Gasteiger partial charge in [-0.15, -0.1) is 0 Å². The van der Waals surface area contributed by atoms with E-state index in [-0.39, 0.29) is 36.0 Å². The number of sulfone groups is 1. The van der Waals surface area contributed by atoms with Gasteiger partial charge in [0.2, 0.25) is 5.91 Å². The second-order valence-electron chi connectivity index (χ2n) is 6.28. The molecule has 1 amide bonds. The molecule has 0 aromatic heterocycles. The molecule has 1 aliphatic carbocycles. The molecule has 0 radical (unpaired) electrons. The number of anilines is 1. The third-order valence-corrected chi connectivity index (χ3v) is 6.15. The summed E-state index contributed by atoms with van der Waals surface area (Å²) in [6, 6.07) is 9.88. The molecule has 1 aliphatic heterocycles. The smallest absolute Gasteiger partial charge is 0.242 e. The first-order valence-electron chi connectivity index (χ1n) is 7.74. The van der Waals surface area contributed by atoms with Crippen molar-refractivity contribution in [3.05, 3.63) is 30.3 Å². The Morgan fingerprint density at radius 2 is 1.82 bits per heavy atom. The van der Waals surface area contributed by atoms with Gasteiger partial charge < -0.3 is 9.80 Å². The Balaban J connectivity index is 1.69. The van der Waals surface area contributed by atoms with E-state index in [2.05, 4.69) is 0 Å². The highest BCUT2D eigenvalue weighted by molar-refractivity contribution is 7.91. The number of likely N-dealkylation sites (N-methyl/N-ethyl adjacent to an activating group) is 1. The predicted octanol–water partition coefficient (Wildman–Crippen LogP) is 1.30. The first-order chi connectivity index (χ1) is 10.5. The Morgan fingerprint density at radius 1 is 1.14 bits per heavy atom. The van der Waals surface area contributed by atoms with Gasteiger partial charge in [-0.1, -0.05) is 18.2 Å². The van der Waals surface area contributed by atoms with Gasteiger partial charge in [0.15, 0.2) is 9.84 Å². The van der Waals surface area contributed by atoms with E-state index in [0.717, 1.165) is 18.5 Å². The average molecular weight is 322 g/mol. The van der Waals surface area contributed by atoms with Crippen LogP contribution in [0.1, 0.15) is 19.3 Å². The summed E-state index contributed by atoms with van der Waals surface area (Å²) in [5, 5.41) is 0. The van der Waals surface area contributed by atoms with Crippen molar-refractivity contribution in [1.82, 2.24) is 4.90 Å². The first-order valence-corrected chi connectivity index (χ1v) is 9.56. The molecule has 1 aromatic rings. The maximum absolute atomic E-state index is 12.7. The Kier molecular flexibility index (Phi) is 4.12. The Hall–Kier alpha value is -1.56. The standard InChI is InChI=1S/C16H22N2O3S/c1-17(13-5-3-2-4-6-13)11-16(19)18(14-7-8-14)15-9-10-22(20,21)12-15/h2-6,14-15H,7-12H2,1H3/t15-/m1/s1. The highest BCUT2D eigenvalue weighted by Crippen LogP contribution is 2.32. The van der Waals surface area contributed by atoms with Gasteiger partial charge in [0.05, 0.1) is 18.1 Å². The van der Waals surface area contributed by atoms with E-state index in [1.165, 1.54) is 0 Å². The van der Waals surface area contributed by atoms with Crippen LogP contribution >= 0.6 is 0 Å². The van der Waals surface area contributed by atoms with Crippen molar-refractivity contribution in [1.29, 1.82) is 0 Å². The summed E-state index contributed by atoms with van der Waals surface area (Å²) < 4.78 is 23.4. The molecule has 2 aliphatic rings. The monoisotopic (exact) mass is 322 g/mol. The molecule has 22 heavy (non-hydrogen) atoms. The summed E-state index contributed by atoms with van der Waals surface area (Å²) in [7, 11) is -1.08. The molecule has 1 aromatic carbocycles. The molecule has 3 rings (SSSR count). The second kappa shape index (κ2) is 5.91. The van der Waals surface area contributed by atoms with Crippen LogP contribution in [0.2, 0.25) is 0 Å². The van der Waals surface area contributed by atoms with Gasteiger partial charge in [-0.05, 0) is 31.4 Å². The summed E-state index contributed by atoms with van der Waals surface area (Å²) >= 11 is 0. The molecule has 1 saturated carbocycles. The van der Waals surface area contributed by atoms with E-state index >= 15 is 0 Å². The molecule has 1 saturated heterocycles. The van der Waals surface area contributed by atoms with Crippen molar-refractivity contribution in [2.75, 3.05) is 30.0 Å². The minimum atomic E-state index is -2.97. The SMILES string of the molecule is CN(CC(=O)N(C1CC1)[C@@H]1CCS(=O)(=O)C1)c1ccccc1. The maximum atomic E-state index is 12.7. The maximum Gasteiger partial charge on any atom is 0.242 e. The topological polar surface area (TPSA) is 57.7 Å². The van der Waals surface area contributed by atoms with Crippen molar-refractivity contribution in [3.8, 4) is 0 Å². The van der Waals surface area contributed by atoms with E-state index in [0.29, 0.717) is 6.42 Å². The van der Waals surface area contributed by atoms with Crippen LogP contribution < -0.4 is 4.90 Å². The van der Waals surface area contributed by atoms with Crippen LogP contribution in [-0.4, -0.2) is 56.4 Å². The minimum absolute atomic E-state index is 0.0379. The van der Waals surface area contributed by atoms with Crippen LogP contribution in [0.15, 0.2) is 30.3 Å². The van der Waals surface area contributed by atoms with Gasteiger partial charge in [0.25, 0.3) is 0 Å². The average Bonchev–Trinajstić information content (AvgIpc) is 3.24. The number of carbonyl (C=O) groups excluding carboxylic acids is 1. The zero-order valence-corrected chi connectivity index (χ0v) is 13.6. The van der Waals surface area contributed by atoms with Crippen molar-refractivity contribution in [2.24, 2.45) is 0 Å². The summed E-state index contributed by atoms with van der Waals surface area (Å²) in [5.74, 6) is 0.378. The second-order valence-corrected chi connectivity index (χ2v) is 8.51. The van der Waals surface area contributed by atoms with Crippen molar-refractivity contribution in [3.63, 3.8) is 0 Å². The van der Waals surface area contributed by atoms with E-state index in [1.807, 2.05) is 47.2 Å². The molecule has 0 N–H and O–H groups in total. The quantitative estimate of drug-likeness (QED) is 0.820. The summed E-state index contributed by atoms with van der Waals surface area (Å²) in [6.45, 7) is 0.289. The fraction of sp³-hybridized carbons (Fsp3) is 0.562. The van der Waals surface area contributed by atoms with Gasteiger partial charge in [0.1, 0.15) is 0 Å².